The van der Waals surface area contributed by atoms with Crippen molar-refractivity contribution < 1.29 is 9.53 Å². The summed E-state index contributed by atoms with van der Waals surface area (Å²) in [4.78, 5) is 17.2. The number of nitrogens with one attached hydrogen (secondary N) is 1. The largest absolute Gasteiger partial charge is 0.383 e. The third kappa shape index (κ3) is 3.06. The minimum atomic E-state index is -0.277. The number of methoxy groups -OCH3 is 1. The van der Waals surface area contributed by atoms with Crippen molar-refractivity contribution in [3.05, 3.63) is 18.5 Å². The predicted octanol–water partition coefficient (Wildman–Crippen LogP) is -0.338. The molecular formula is C9H15N5O2. The van der Waals surface area contributed by atoms with E-state index in [0.29, 0.717) is 19.7 Å². The van der Waals surface area contributed by atoms with Gasteiger partial charge in [-0.3, -0.25) is 9.89 Å². The van der Waals surface area contributed by atoms with Crippen molar-refractivity contribution in [3.8, 4) is 0 Å². The maximum absolute atomic E-state index is 11.9. The first-order chi connectivity index (χ1) is 7.69. The van der Waals surface area contributed by atoms with Crippen molar-refractivity contribution in [2.75, 3.05) is 32.5 Å². The Labute approximate surface area is 93.3 Å². The number of carbonyl (C=O) groups is 1. The molecule has 0 saturated heterocycles. The van der Waals surface area contributed by atoms with E-state index >= 15 is 0 Å². The molecule has 1 heterocycles. The molecule has 16 heavy (non-hydrogen) atoms. The van der Waals surface area contributed by atoms with Gasteiger partial charge in [-0.1, -0.05) is 6.08 Å². The number of hydrogen-bond acceptors (Lipinski definition) is 5. The minimum Gasteiger partial charge on any atom is -0.383 e. The zero-order chi connectivity index (χ0) is 12.0. The Kier molecular flexibility index (Phi) is 4.46. The summed E-state index contributed by atoms with van der Waals surface area (Å²) >= 11 is 0. The molecule has 0 unspecified atom stereocenters. The molecule has 0 saturated carbocycles. The van der Waals surface area contributed by atoms with Crippen molar-refractivity contribution in [3.63, 3.8) is 0 Å². The number of aromatic amines is 1. The van der Waals surface area contributed by atoms with Crippen LogP contribution in [0.25, 0.3) is 0 Å². The first-order valence-electron chi connectivity index (χ1n) is 4.76. The lowest BCUT2D eigenvalue weighted by atomic mass is 10.4. The van der Waals surface area contributed by atoms with E-state index in [0.717, 1.165) is 0 Å². The Bertz CT molecular complexity index is 363. The number of hydrogen-bond donors (Lipinski definition) is 2. The number of amides is 1. The normalized spacial score (nSPS) is 10.1. The van der Waals surface area contributed by atoms with E-state index in [1.54, 1.807) is 13.2 Å². The fourth-order valence-corrected chi connectivity index (χ4v) is 1.15. The summed E-state index contributed by atoms with van der Waals surface area (Å²) in [6.45, 7) is 4.91. The molecule has 0 bridgehead atoms. The van der Waals surface area contributed by atoms with Gasteiger partial charge in [-0.2, -0.15) is 4.98 Å². The van der Waals surface area contributed by atoms with E-state index in [1.165, 1.54) is 4.90 Å². The van der Waals surface area contributed by atoms with Crippen LogP contribution in [0.3, 0.4) is 0 Å². The minimum absolute atomic E-state index is 0.0497. The third-order valence-corrected chi connectivity index (χ3v) is 1.91. The van der Waals surface area contributed by atoms with E-state index in [4.69, 9.17) is 10.5 Å². The van der Waals surface area contributed by atoms with Gasteiger partial charge in [0, 0.05) is 20.2 Å². The molecule has 1 amide bonds. The van der Waals surface area contributed by atoms with Crippen LogP contribution in [0.1, 0.15) is 10.6 Å². The Morgan fingerprint density at radius 2 is 2.50 bits per heavy atom. The lowest BCUT2D eigenvalue weighted by Crippen LogP contribution is -2.34. The second-order valence-electron chi connectivity index (χ2n) is 3.07. The lowest BCUT2D eigenvalue weighted by molar-refractivity contribution is 0.0707. The van der Waals surface area contributed by atoms with Crippen molar-refractivity contribution in [2.24, 2.45) is 0 Å². The zero-order valence-corrected chi connectivity index (χ0v) is 9.14. The molecular weight excluding hydrogens is 210 g/mol. The molecule has 0 aliphatic rings. The van der Waals surface area contributed by atoms with Crippen LogP contribution in [0.15, 0.2) is 12.7 Å². The van der Waals surface area contributed by atoms with Crippen molar-refractivity contribution in [2.45, 2.75) is 0 Å². The van der Waals surface area contributed by atoms with Crippen LogP contribution in [0.4, 0.5) is 5.95 Å². The van der Waals surface area contributed by atoms with Gasteiger partial charge >= 0.3 is 0 Å². The zero-order valence-electron chi connectivity index (χ0n) is 9.14. The molecule has 3 N–H and O–H groups in total. The molecule has 7 nitrogen and oxygen atoms in total. The molecule has 0 spiro atoms. The highest BCUT2D eigenvalue weighted by molar-refractivity contribution is 5.90. The molecule has 0 aliphatic carbocycles. The molecule has 0 fully saturated rings. The highest BCUT2D eigenvalue weighted by Crippen LogP contribution is 2.00. The number of nitrogens with zero attached hydrogens (tertiary/aromatic N) is 3. The summed E-state index contributed by atoms with van der Waals surface area (Å²) in [6, 6.07) is 0. The average Bonchev–Trinajstić information content (AvgIpc) is 2.70. The van der Waals surface area contributed by atoms with Gasteiger partial charge in [0.15, 0.2) is 0 Å². The number of rotatable bonds is 6. The van der Waals surface area contributed by atoms with Gasteiger partial charge in [0.2, 0.25) is 11.8 Å². The summed E-state index contributed by atoms with van der Waals surface area (Å²) in [7, 11) is 1.57. The van der Waals surface area contributed by atoms with E-state index in [-0.39, 0.29) is 17.7 Å². The van der Waals surface area contributed by atoms with Crippen LogP contribution < -0.4 is 5.73 Å². The number of ether oxygens (including phenoxy) is 1. The van der Waals surface area contributed by atoms with Crippen LogP contribution in [-0.2, 0) is 4.74 Å². The second kappa shape index (κ2) is 5.86. The van der Waals surface area contributed by atoms with Gasteiger partial charge in [-0.15, -0.1) is 11.7 Å². The Morgan fingerprint density at radius 1 is 1.75 bits per heavy atom. The first-order valence-corrected chi connectivity index (χ1v) is 4.76. The number of nitrogens with two attached hydrogens (primary N) is 1. The monoisotopic (exact) mass is 225 g/mol. The van der Waals surface area contributed by atoms with Gasteiger partial charge < -0.3 is 15.4 Å². The number of carbonyl (C=O) groups excluding carboxylic acids is 1. The highest BCUT2D eigenvalue weighted by Gasteiger charge is 2.17. The van der Waals surface area contributed by atoms with Crippen molar-refractivity contribution in [1.82, 2.24) is 20.1 Å². The number of aromatic nitrogens is 3. The molecule has 0 aliphatic heterocycles. The summed E-state index contributed by atoms with van der Waals surface area (Å²) < 4.78 is 4.91. The van der Waals surface area contributed by atoms with E-state index in [2.05, 4.69) is 21.8 Å². The molecule has 0 radical (unpaired) electrons. The summed E-state index contributed by atoms with van der Waals surface area (Å²) in [6.07, 6.45) is 1.63. The van der Waals surface area contributed by atoms with Crippen LogP contribution in [0.5, 0.6) is 0 Å². The predicted molar refractivity (Wildman–Crippen MR) is 58.8 cm³/mol. The fourth-order valence-electron chi connectivity index (χ4n) is 1.15. The van der Waals surface area contributed by atoms with E-state index < -0.39 is 0 Å². The molecule has 1 aromatic rings. The molecule has 1 aromatic heterocycles. The number of nitrogen functional groups attached to an aromatic ring is 1. The van der Waals surface area contributed by atoms with Crippen molar-refractivity contribution in [1.29, 1.82) is 0 Å². The SMILES string of the molecule is C=CCN(CCOC)C(=O)c1nc(N)n[nH]1. The summed E-state index contributed by atoms with van der Waals surface area (Å²) in [5.41, 5.74) is 5.32. The Hall–Kier alpha value is -1.89. The highest BCUT2D eigenvalue weighted by atomic mass is 16.5. The van der Waals surface area contributed by atoms with Crippen LogP contribution >= 0.6 is 0 Å². The Morgan fingerprint density at radius 3 is 3.00 bits per heavy atom. The maximum Gasteiger partial charge on any atom is 0.291 e. The third-order valence-electron chi connectivity index (χ3n) is 1.91. The fraction of sp³-hybridized carbons (Fsp3) is 0.444. The molecule has 88 valence electrons. The van der Waals surface area contributed by atoms with Gasteiger partial charge in [-0.05, 0) is 0 Å². The van der Waals surface area contributed by atoms with Crippen molar-refractivity contribution >= 4 is 11.9 Å². The molecule has 0 aromatic carbocycles. The van der Waals surface area contributed by atoms with Crippen LogP contribution in [-0.4, -0.2) is 52.8 Å². The molecule has 0 atom stereocenters. The number of anilines is 1. The maximum atomic E-state index is 11.9. The summed E-state index contributed by atoms with van der Waals surface area (Å²) in [5, 5.41) is 6.07. The average molecular weight is 225 g/mol. The van der Waals surface area contributed by atoms with Gasteiger partial charge in [-0.25, -0.2) is 0 Å². The van der Waals surface area contributed by atoms with E-state index in [9.17, 15) is 4.79 Å². The topological polar surface area (TPSA) is 97.1 Å². The quantitative estimate of drug-likeness (QED) is 0.645. The van der Waals surface area contributed by atoms with Gasteiger partial charge in [0.05, 0.1) is 6.61 Å². The lowest BCUT2D eigenvalue weighted by Gasteiger charge is -2.18. The molecule has 1 rings (SSSR count). The standard InChI is InChI=1S/C9H15N5O2/c1-3-4-14(5-6-16-2)8(15)7-11-9(10)13-12-7/h3H,1,4-6H2,2H3,(H3,10,11,12,13). The van der Waals surface area contributed by atoms with Gasteiger partial charge in [0.1, 0.15) is 0 Å². The second-order valence-corrected chi connectivity index (χ2v) is 3.07. The van der Waals surface area contributed by atoms with Gasteiger partial charge in [0.25, 0.3) is 5.91 Å². The number of H-pyrrole nitrogens is 1. The Balaban J connectivity index is 2.69. The molecule has 7 heteroatoms. The summed E-state index contributed by atoms with van der Waals surface area (Å²) in [5.74, 6) is -0.106. The van der Waals surface area contributed by atoms with Crippen LogP contribution in [0.2, 0.25) is 0 Å². The first kappa shape index (κ1) is 12.2. The van der Waals surface area contributed by atoms with Crippen LogP contribution in [0, 0.1) is 0 Å². The smallest absolute Gasteiger partial charge is 0.291 e. The van der Waals surface area contributed by atoms with E-state index in [1.807, 2.05) is 0 Å².